The lowest BCUT2D eigenvalue weighted by molar-refractivity contribution is -0.134. The van der Waals surface area contributed by atoms with Crippen LogP contribution in [0, 0.1) is 0 Å². The van der Waals surface area contributed by atoms with Crippen molar-refractivity contribution in [1.29, 1.82) is 0 Å². The molecule has 0 saturated heterocycles. The van der Waals surface area contributed by atoms with Crippen molar-refractivity contribution in [2.45, 2.75) is 32.6 Å². The van der Waals surface area contributed by atoms with E-state index in [1.54, 1.807) is 4.90 Å². The van der Waals surface area contributed by atoms with Crippen LogP contribution >= 0.6 is 0 Å². The van der Waals surface area contributed by atoms with Crippen LogP contribution in [-0.2, 0) is 9.53 Å². The van der Waals surface area contributed by atoms with Crippen LogP contribution in [0.5, 0.6) is 0 Å². The summed E-state index contributed by atoms with van der Waals surface area (Å²) in [5.41, 5.74) is 5.39. The highest BCUT2D eigenvalue weighted by Crippen LogP contribution is 1.97. The lowest BCUT2D eigenvalue weighted by Gasteiger charge is -2.16. The molecule has 0 fully saturated rings. The van der Waals surface area contributed by atoms with Gasteiger partial charge in [-0.3, -0.25) is 4.79 Å². The normalized spacial score (nSPS) is 10.3. The molecule has 0 aromatic heterocycles. The second kappa shape index (κ2) is 9.93. The number of hydrogen-bond donors (Lipinski definition) is 1. The van der Waals surface area contributed by atoms with Crippen LogP contribution in [0.4, 0.5) is 0 Å². The number of nitrogens with zero attached hydrogens (tertiary/aromatic N) is 1. The van der Waals surface area contributed by atoms with Crippen molar-refractivity contribution in [2.24, 2.45) is 5.73 Å². The predicted octanol–water partition coefficient (Wildman–Crippen LogP) is 1.00. The van der Waals surface area contributed by atoms with E-state index in [1.165, 1.54) is 0 Å². The number of nitrogens with two attached hydrogens (primary N) is 1. The smallest absolute Gasteiger partial charge is 0.248 e. The van der Waals surface area contributed by atoms with Gasteiger partial charge >= 0.3 is 0 Å². The Hall–Kier alpha value is -0.610. The summed E-state index contributed by atoms with van der Waals surface area (Å²) in [4.78, 5) is 13.2. The van der Waals surface area contributed by atoms with Gasteiger partial charge in [0.25, 0.3) is 0 Å². The standard InChI is InChI=1S/C11H24N2O2/c1-3-9-15-10-11(14)13(2)8-6-4-5-7-12/h3-10,12H2,1-2H3. The van der Waals surface area contributed by atoms with Gasteiger partial charge in [0.2, 0.25) is 5.91 Å². The summed E-state index contributed by atoms with van der Waals surface area (Å²) in [7, 11) is 1.82. The first-order chi connectivity index (χ1) is 7.22. The zero-order valence-electron chi connectivity index (χ0n) is 10.00. The van der Waals surface area contributed by atoms with Gasteiger partial charge in [0.05, 0.1) is 0 Å². The van der Waals surface area contributed by atoms with E-state index in [4.69, 9.17) is 10.5 Å². The molecule has 4 heteroatoms. The summed E-state index contributed by atoms with van der Waals surface area (Å²) in [6.45, 7) is 4.43. The molecule has 0 aliphatic heterocycles. The average molecular weight is 216 g/mol. The maximum absolute atomic E-state index is 11.5. The van der Waals surface area contributed by atoms with Crippen LogP contribution in [0.2, 0.25) is 0 Å². The minimum Gasteiger partial charge on any atom is -0.372 e. The number of rotatable bonds is 9. The number of hydrogen-bond acceptors (Lipinski definition) is 3. The van der Waals surface area contributed by atoms with E-state index in [9.17, 15) is 4.79 Å². The van der Waals surface area contributed by atoms with E-state index >= 15 is 0 Å². The van der Waals surface area contributed by atoms with Crippen LogP contribution in [0.1, 0.15) is 32.6 Å². The molecular weight excluding hydrogens is 192 g/mol. The maximum Gasteiger partial charge on any atom is 0.248 e. The second-order valence-corrected chi connectivity index (χ2v) is 3.72. The van der Waals surface area contributed by atoms with Crippen LogP contribution in [0.15, 0.2) is 0 Å². The fourth-order valence-corrected chi connectivity index (χ4v) is 1.21. The van der Waals surface area contributed by atoms with Crippen molar-refractivity contribution in [2.75, 3.05) is 33.4 Å². The van der Waals surface area contributed by atoms with E-state index in [2.05, 4.69) is 0 Å². The Morgan fingerprint density at radius 3 is 2.67 bits per heavy atom. The molecule has 0 aliphatic carbocycles. The molecule has 2 N–H and O–H groups in total. The monoisotopic (exact) mass is 216 g/mol. The van der Waals surface area contributed by atoms with Crippen molar-refractivity contribution >= 4 is 5.91 Å². The average Bonchev–Trinajstić information content (AvgIpc) is 2.24. The van der Waals surface area contributed by atoms with Gasteiger partial charge < -0.3 is 15.4 Å². The molecule has 0 aromatic carbocycles. The molecular formula is C11H24N2O2. The first-order valence-electron chi connectivity index (χ1n) is 5.74. The van der Waals surface area contributed by atoms with Crippen LogP contribution in [0.25, 0.3) is 0 Å². The molecule has 0 bridgehead atoms. The molecule has 0 rings (SSSR count). The number of amides is 1. The molecule has 0 aromatic rings. The van der Waals surface area contributed by atoms with Crippen molar-refractivity contribution in [1.82, 2.24) is 4.90 Å². The Bertz CT molecular complexity index is 163. The van der Waals surface area contributed by atoms with Gasteiger partial charge in [-0.25, -0.2) is 0 Å². The van der Waals surface area contributed by atoms with Gasteiger partial charge in [0.15, 0.2) is 0 Å². The highest BCUT2D eigenvalue weighted by atomic mass is 16.5. The Labute approximate surface area is 92.8 Å². The van der Waals surface area contributed by atoms with Gasteiger partial charge in [0, 0.05) is 20.2 Å². The molecule has 0 atom stereocenters. The first kappa shape index (κ1) is 14.4. The number of ether oxygens (including phenoxy) is 1. The molecule has 0 spiro atoms. The Morgan fingerprint density at radius 1 is 1.33 bits per heavy atom. The predicted molar refractivity (Wildman–Crippen MR) is 61.7 cm³/mol. The number of unbranched alkanes of at least 4 members (excludes halogenated alkanes) is 2. The van der Waals surface area contributed by atoms with E-state index in [0.29, 0.717) is 6.61 Å². The first-order valence-corrected chi connectivity index (χ1v) is 5.74. The zero-order valence-corrected chi connectivity index (χ0v) is 10.00. The van der Waals surface area contributed by atoms with Crippen molar-refractivity contribution in [3.63, 3.8) is 0 Å². The third kappa shape index (κ3) is 8.39. The van der Waals surface area contributed by atoms with E-state index < -0.39 is 0 Å². The molecule has 0 unspecified atom stereocenters. The highest BCUT2D eigenvalue weighted by Gasteiger charge is 2.07. The van der Waals surface area contributed by atoms with E-state index in [-0.39, 0.29) is 12.5 Å². The zero-order chi connectivity index (χ0) is 11.5. The molecule has 0 heterocycles. The quantitative estimate of drug-likeness (QED) is 0.585. The summed E-state index contributed by atoms with van der Waals surface area (Å²) in [5, 5.41) is 0. The lowest BCUT2D eigenvalue weighted by atomic mass is 10.2. The molecule has 4 nitrogen and oxygen atoms in total. The van der Waals surface area contributed by atoms with Crippen molar-refractivity contribution < 1.29 is 9.53 Å². The number of carbonyl (C=O) groups is 1. The molecule has 0 saturated carbocycles. The second-order valence-electron chi connectivity index (χ2n) is 3.72. The molecule has 90 valence electrons. The van der Waals surface area contributed by atoms with Gasteiger partial charge in [-0.1, -0.05) is 13.3 Å². The van der Waals surface area contributed by atoms with Gasteiger partial charge in [-0.2, -0.15) is 0 Å². The summed E-state index contributed by atoms with van der Waals surface area (Å²) in [6.07, 6.45) is 4.10. The third-order valence-corrected chi connectivity index (χ3v) is 2.20. The summed E-state index contributed by atoms with van der Waals surface area (Å²) < 4.78 is 5.18. The van der Waals surface area contributed by atoms with Crippen molar-refractivity contribution in [3.05, 3.63) is 0 Å². The van der Waals surface area contributed by atoms with Gasteiger partial charge in [0.1, 0.15) is 6.61 Å². The Kier molecular flexibility index (Phi) is 9.52. The molecule has 0 radical (unpaired) electrons. The fourth-order valence-electron chi connectivity index (χ4n) is 1.21. The molecule has 15 heavy (non-hydrogen) atoms. The topological polar surface area (TPSA) is 55.6 Å². The largest absolute Gasteiger partial charge is 0.372 e. The summed E-state index contributed by atoms with van der Waals surface area (Å²) in [6, 6.07) is 0. The van der Waals surface area contributed by atoms with Crippen molar-refractivity contribution in [3.8, 4) is 0 Å². The fraction of sp³-hybridized carbons (Fsp3) is 0.909. The van der Waals surface area contributed by atoms with Gasteiger partial charge in [-0.15, -0.1) is 0 Å². The van der Waals surface area contributed by atoms with Crippen LogP contribution in [0.3, 0.4) is 0 Å². The molecule has 1 amide bonds. The SMILES string of the molecule is CCCOCC(=O)N(C)CCCCCN. The van der Waals surface area contributed by atoms with E-state index in [0.717, 1.165) is 38.8 Å². The highest BCUT2D eigenvalue weighted by molar-refractivity contribution is 5.77. The summed E-state index contributed by atoms with van der Waals surface area (Å²) in [5.74, 6) is 0.0659. The third-order valence-electron chi connectivity index (χ3n) is 2.20. The van der Waals surface area contributed by atoms with Gasteiger partial charge in [-0.05, 0) is 25.8 Å². The lowest BCUT2D eigenvalue weighted by Crippen LogP contribution is -2.31. The van der Waals surface area contributed by atoms with Crippen LogP contribution in [-0.4, -0.2) is 44.2 Å². The number of likely N-dealkylation sites (N-methyl/N-ethyl adjacent to an activating group) is 1. The number of carbonyl (C=O) groups excluding carboxylic acids is 1. The Balaban J connectivity index is 3.42. The maximum atomic E-state index is 11.5. The summed E-state index contributed by atoms with van der Waals surface area (Å²) >= 11 is 0. The minimum absolute atomic E-state index is 0.0659. The molecule has 0 aliphatic rings. The van der Waals surface area contributed by atoms with Crippen LogP contribution < -0.4 is 5.73 Å². The van der Waals surface area contributed by atoms with E-state index in [1.807, 2.05) is 14.0 Å². The minimum atomic E-state index is 0.0659. The Morgan fingerprint density at radius 2 is 2.07 bits per heavy atom.